The quantitative estimate of drug-likeness (QED) is 0.799. The summed E-state index contributed by atoms with van der Waals surface area (Å²) in [5.41, 5.74) is -1.28. The highest BCUT2D eigenvalue weighted by atomic mass is 19.4. The van der Waals surface area contributed by atoms with Gasteiger partial charge in [0.15, 0.2) is 6.10 Å². The van der Waals surface area contributed by atoms with Crippen molar-refractivity contribution in [2.45, 2.75) is 12.3 Å². The van der Waals surface area contributed by atoms with E-state index in [2.05, 4.69) is 0 Å². The molecule has 0 aliphatic carbocycles. The van der Waals surface area contributed by atoms with Gasteiger partial charge in [-0.1, -0.05) is 12.1 Å². The van der Waals surface area contributed by atoms with Crippen molar-refractivity contribution in [3.63, 3.8) is 0 Å². The van der Waals surface area contributed by atoms with Gasteiger partial charge in [0, 0.05) is 0 Å². The van der Waals surface area contributed by atoms with Crippen molar-refractivity contribution in [3.8, 4) is 0 Å². The Morgan fingerprint density at radius 3 is 2.40 bits per heavy atom. The Bertz CT molecular complexity index is 373. The maximum absolute atomic E-state index is 12.2. The van der Waals surface area contributed by atoms with E-state index in [1.807, 2.05) is 0 Å². The second-order valence-electron chi connectivity index (χ2n) is 2.86. The molecule has 0 saturated carbocycles. The molecule has 1 aromatic carbocycles. The Hall–Kier alpha value is -1.56. The average Bonchev–Trinajstić information content (AvgIpc) is 2.15. The predicted molar refractivity (Wildman–Crippen MR) is 44.0 cm³/mol. The van der Waals surface area contributed by atoms with Crippen LogP contribution in [0.15, 0.2) is 24.3 Å². The number of rotatable bonds is 2. The fourth-order valence-electron chi connectivity index (χ4n) is 1.03. The summed E-state index contributed by atoms with van der Waals surface area (Å²) in [7, 11) is 0. The Morgan fingerprint density at radius 1 is 1.33 bits per heavy atom. The number of benzene rings is 1. The van der Waals surface area contributed by atoms with Gasteiger partial charge in [0.2, 0.25) is 0 Å². The summed E-state index contributed by atoms with van der Waals surface area (Å²) >= 11 is 0. The van der Waals surface area contributed by atoms with Crippen molar-refractivity contribution in [1.82, 2.24) is 0 Å². The molecule has 0 aromatic heterocycles. The number of carboxylic acid groups (broad SMARTS) is 1. The summed E-state index contributed by atoms with van der Waals surface area (Å²) in [5, 5.41) is 17.4. The summed E-state index contributed by atoms with van der Waals surface area (Å²) in [6.45, 7) is 0. The Labute approximate surface area is 82.8 Å². The molecular formula is C9H7F3O3. The number of aliphatic hydroxyl groups is 1. The zero-order chi connectivity index (χ0) is 11.6. The molecular weight excluding hydrogens is 213 g/mol. The zero-order valence-corrected chi connectivity index (χ0v) is 7.32. The number of hydrogen-bond donors (Lipinski definition) is 2. The molecule has 0 heterocycles. The number of hydrogen-bond acceptors (Lipinski definition) is 2. The van der Waals surface area contributed by atoms with E-state index < -0.39 is 23.8 Å². The van der Waals surface area contributed by atoms with Crippen LogP contribution in [-0.4, -0.2) is 16.2 Å². The Morgan fingerprint density at radius 2 is 1.93 bits per heavy atom. The SMILES string of the molecule is O=C(O)[C@H](O)c1cccc(C(F)(F)F)c1. The molecule has 0 fully saturated rings. The van der Waals surface area contributed by atoms with Crippen molar-refractivity contribution in [2.75, 3.05) is 0 Å². The molecule has 1 rings (SSSR count). The fourth-order valence-corrected chi connectivity index (χ4v) is 1.03. The second kappa shape index (κ2) is 3.90. The molecule has 0 aliphatic rings. The molecule has 0 saturated heterocycles. The Balaban J connectivity index is 3.08. The molecule has 0 radical (unpaired) electrons. The van der Waals surface area contributed by atoms with Crippen molar-refractivity contribution >= 4 is 5.97 Å². The van der Waals surface area contributed by atoms with Gasteiger partial charge in [-0.3, -0.25) is 0 Å². The molecule has 0 bridgehead atoms. The number of aliphatic carboxylic acids is 1. The van der Waals surface area contributed by atoms with Crippen LogP contribution < -0.4 is 0 Å². The van der Waals surface area contributed by atoms with Gasteiger partial charge >= 0.3 is 12.1 Å². The minimum absolute atomic E-state index is 0.294. The van der Waals surface area contributed by atoms with Crippen molar-refractivity contribution < 1.29 is 28.2 Å². The molecule has 2 N–H and O–H groups in total. The molecule has 6 heteroatoms. The van der Waals surface area contributed by atoms with Gasteiger partial charge < -0.3 is 10.2 Å². The standard InChI is InChI=1S/C9H7F3O3/c10-9(11,12)6-3-1-2-5(4-6)7(13)8(14)15/h1-4,7,13H,(H,14,15)/t7-/m1/s1. The molecule has 0 unspecified atom stereocenters. The lowest BCUT2D eigenvalue weighted by Crippen LogP contribution is -2.12. The van der Waals surface area contributed by atoms with Gasteiger partial charge in [0.1, 0.15) is 0 Å². The summed E-state index contributed by atoms with van der Waals surface area (Å²) in [6, 6.07) is 3.58. The van der Waals surface area contributed by atoms with Crippen LogP contribution in [0, 0.1) is 0 Å². The molecule has 15 heavy (non-hydrogen) atoms. The first-order valence-corrected chi connectivity index (χ1v) is 3.90. The summed E-state index contributed by atoms with van der Waals surface area (Å²) in [6.07, 6.45) is -6.49. The third-order valence-electron chi connectivity index (χ3n) is 1.76. The van der Waals surface area contributed by atoms with Crippen LogP contribution in [0.25, 0.3) is 0 Å². The van der Waals surface area contributed by atoms with Crippen LogP contribution in [0.2, 0.25) is 0 Å². The molecule has 1 aromatic rings. The van der Waals surface area contributed by atoms with Crippen LogP contribution in [0.3, 0.4) is 0 Å². The van der Waals surface area contributed by atoms with E-state index in [4.69, 9.17) is 10.2 Å². The van der Waals surface area contributed by atoms with Crippen LogP contribution in [0.5, 0.6) is 0 Å². The van der Waals surface area contributed by atoms with Crippen molar-refractivity contribution in [1.29, 1.82) is 0 Å². The van der Waals surface area contributed by atoms with Crippen LogP contribution in [0.4, 0.5) is 13.2 Å². The maximum Gasteiger partial charge on any atom is 0.416 e. The molecule has 82 valence electrons. The summed E-state index contributed by atoms with van der Waals surface area (Å²) in [4.78, 5) is 10.3. The zero-order valence-electron chi connectivity index (χ0n) is 7.32. The van der Waals surface area contributed by atoms with Crippen LogP contribution >= 0.6 is 0 Å². The minimum Gasteiger partial charge on any atom is -0.479 e. The van der Waals surface area contributed by atoms with Crippen molar-refractivity contribution in [2.24, 2.45) is 0 Å². The van der Waals surface area contributed by atoms with E-state index >= 15 is 0 Å². The largest absolute Gasteiger partial charge is 0.479 e. The van der Waals surface area contributed by atoms with Crippen molar-refractivity contribution in [3.05, 3.63) is 35.4 Å². The molecule has 1 atom stereocenters. The molecule has 0 spiro atoms. The second-order valence-corrected chi connectivity index (χ2v) is 2.86. The number of carboxylic acids is 1. The van der Waals surface area contributed by atoms with E-state index in [9.17, 15) is 18.0 Å². The third-order valence-corrected chi connectivity index (χ3v) is 1.76. The minimum atomic E-state index is -4.55. The Kier molecular flexibility index (Phi) is 2.99. The molecule has 0 aliphatic heterocycles. The van der Waals surface area contributed by atoms with Crippen LogP contribution in [-0.2, 0) is 11.0 Å². The first kappa shape index (κ1) is 11.5. The first-order valence-electron chi connectivity index (χ1n) is 3.90. The monoisotopic (exact) mass is 220 g/mol. The van der Waals surface area contributed by atoms with E-state index in [0.717, 1.165) is 18.2 Å². The normalized spacial score (nSPS) is 13.6. The number of halogens is 3. The summed E-state index contributed by atoms with van der Waals surface area (Å²) < 4.78 is 36.6. The third kappa shape index (κ3) is 2.69. The predicted octanol–water partition coefficient (Wildman–Crippen LogP) is 1.82. The van der Waals surface area contributed by atoms with Gasteiger partial charge in [-0.15, -0.1) is 0 Å². The molecule has 0 amide bonds. The number of carbonyl (C=O) groups is 1. The lowest BCUT2D eigenvalue weighted by molar-refractivity contribution is -0.147. The topological polar surface area (TPSA) is 57.5 Å². The van der Waals surface area contributed by atoms with E-state index in [0.29, 0.717) is 6.07 Å². The van der Waals surface area contributed by atoms with Gasteiger partial charge in [0.05, 0.1) is 5.56 Å². The number of alkyl halides is 3. The van der Waals surface area contributed by atoms with E-state index in [1.165, 1.54) is 0 Å². The van der Waals surface area contributed by atoms with Gasteiger partial charge in [-0.25, -0.2) is 4.79 Å². The van der Waals surface area contributed by atoms with Gasteiger partial charge in [-0.2, -0.15) is 13.2 Å². The van der Waals surface area contributed by atoms with Crippen LogP contribution in [0.1, 0.15) is 17.2 Å². The van der Waals surface area contributed by atoms with Gasteiger partial charge in [0.25, 0.3) is 0 Å². The first-order chi connectivity index (χ1) is 6.82. The summed E-state index contributed by atoms with van der Waals surface area (Å²) in [5.74, 6) is -1.59. The average molecular weight is 220 g/mol. The lowest BCUT2D eigenvalue weighted by atomic mass is 10.1. The molecule has 3 nitrogen and oxygen atoms in total. The highest BCUT2D eigenvalue weighted by Crippen LogP contribution is 2.30. The lowest BCUT2D eigenvalue weighted by Gasteiger charge is -2.10. The van der Waals surface area contributed by atoms with E-state index in [1.54, 1.807) is 0 Å². The van der Waals surface area contributed by atoms with E-state index in [-0.39, 0.29) is 5.56 Å². The smallest absolute Gasteiger partial charge is 0.416 e. The van der Waals surface area contributed by atoms with Gasteiger partial charge in [-0.05, 0) is 17.7 Å². The number of aliphatic hydroxyl groups excluding tert-OH is 1. The highest BCUT2D eigenvalue weighted by molar-refractivity contribution is 5.74. The maximum atomic E-state index is 12.2. The fraction of sp³-hybridized carbons (Fsp3) is 0.222. The highest BCUT2D eigenvalue weighted by Gasteiger charge is 2.31.